The second-order valence-corrected chi connectivity index (χ2v) is 10.7. The number of hydrogen-bond donors (Lipinski definition) is 0. The van der Waals surface area contributed by atoms with Crippen LogP contribution < -0.4 is 10.7 Å². The van der Waals surface area contributed by atoms with Crippen LogP contribution >= 0.6 is 7.92 Å². The summed E-state index contributed by atoms with van der Waals surface area (Å²) in [5.74, 6) is 0.948. The molecule has 4 heteroatoms. The lowest BCUT2D eigenvalue weighted by atomic mass is 10.0. The van der Waals surface area contributed by atoms with Gasteiger partial charge in [-0.1, -0.05) is 54.6 Å². The van der Waals surface area contributed by atoms with Gasteiger partial charge in [0.2, 0.25) is 0 Å². The molecule has 0 saturated carbocycles. The van der Waals surface area contributed by atoms with Gasteiger partial charge >= 0.3 is 0 Å². The average Bonchev–Trinajstić information content (AvgIpc) is 3.22. The Morgan fingerprint density at radius 3 is 2.32 bits per heavy atom. The Labute approximate surface area is 200 Å². The lowest BCUT2D eigenvalue weighted by molar-refractivity contribution is 1.07. The highest BCUT2D eigenvalue weighted by molar-refractivity contribution is 7.72. The monoisotopic (exact) mass is 457 g/mol. The molecule has 3 nitrogen and oxygen atoms in total. The molecule has 0 bridgehead atoms. The second-order valence-electron chi connectivity index (χ2n) is 8.57. The summed E-state index contributed by atoms with van der Waals surface area (Å²) in [7, 11) is -0.501. The Kier molecular flexibility index (Phi) is 5.20. The van der Waals surface area contributed by atoms with E-state index in [9.17, 15) is 0 Å². The molecule has 34 heavy (non-hydrogen) atoms. The van der Waals surface area contributed by atoms with E-state index < -0.39 is 7.92 Å². The Morgan fingerprint density at radius 1 is 0.647 bits per heavy atom. The van der Waals surface area contributed by atoms with Crippen LogP contribution in [0.5, 0.6) is 0 Å². The van der Waals surface area contributed by atoms with Crippen molar-refractivity contribution < 1.29 is 0 Å². The smallest absolute Gasteiger partial charge is 0.137 e. The van der Waals surface area contributed by atoms with Crippen LogP contribution in [0.4, 0.5) is 0 Å². The standard InChI is InChI=1S/C30H24N3P/c1-21-15-17-31-29(18-21)33-27-11-4-3-10-25(27)26-14-13-23(20-28(26)33)22-8-7-9-24(19-22)34(2)30-12-5-6-16-32-30/h3-20H,1-2H3. The molecule has 0 aliphatic heterocycles. The first-order chi connectivity index (χ1) is 16.7. The highest BCUT2D eigenvalue weighted by Crippen LogP contribution is 2.35. The van der Waals surface area contributed by atoms with E-state index in [2.05, 4.69) is 108 Å². The van der Waals surface area contributed by atoms with E-state index >= 15 is 0 Å². The third-order valence-electron chi connectivity index (χ3n) is 6.36. The maximum absolute atomic E-state index is 4.71. The van der Waals surface area contributed by atoms with Crippen LogP contribution in [0.25, 0.3) is 38.8 Å². The Hall–Kier alpha value is -3.81. The molecule has 164 valence electrons. The third-order valence-corrected chi connectivity index (χ3v) is 8.37. The van der Waals surface area contributed by atoms with Crippen LogP contribution in [0.15, 0.2) is 109 Å². The molecule has 1 atom stereocenters. The van der Waals surface area contributed by atoms with Gasteiger partial charge in [0.15, 0.2) is 0 Å². The van der Waals surface area contributed by atoms with Gasteiger partial charge in [-0.15, -0.1) is 0 Å². The number of pyridine rings is 2. The molecule has 0 spiro atoms. The summed E-state index contributed by atoms with van der Waals surface area (Å²) in [6, 6.07) is 34.6. The van der Waals surface area contributed by atoms with Gasteiger partial charge in [-0.05, 0) is 86.0 Å². The molecular weight excluding hydrogens is 433 g/mol. The van der Waals surface area contributed by atoms with Crippen LogP contribution in [-0.4, -0.2) is 21.2 Å². The highest BCUT2D eigenvalue weighted by Gasteiger charge is 2.15. The first-order valence-electron chi connectivity index (χ1n) is 11.4. The number of benzene rings is 3. The summed E-state index contributed by atoms with van der Waals surface area (Å²) in [5.41, 5.74) is 7.12. The van der Waals surface area contributed by atoms with Gasteiger partial charge in [-0.2, -0.15) is 0 Å². The number of para-hydroxylation sites is 1. The SMILES string of the molecule is Cc1ccnc(-n2c3ccccc3c3ccc(-c4cccc(P(C)c5ccccn5)c4)cc32)c1. The fraction of sp³-hybridized carbons (Fsp3) is 0.0667. The minimum atomic E-state index is -0.501. The van der Waals surface area contributed by atoms with Crippen molar-refractivity contribution >= 4 is 40.5 Å². The first kappa shape index (κ1) is 20.8. The molecule has 3 heterocycles. The van der Waals surface area contributed by atoms with Gasteiger partial charge in [-0.25, -0.2) is 4.98 Å². The minimum absolute atomic E-state index is 0.501. The van der Waals surface area contributed by atoms with E-state index in [0.29, 0.717) is 0 Å². The number of aryl methyl sites for hydroxylation is 1. The average molecular weight is 458 g/mol. The molecule has 0 amide bonds. The van der Waals surface area contributed by atoms with E-state index in [1.165, 1.54) is 43.8 Å². The summed E-state index contributed by atoms with van der Waals surface area (Å²) in [6.07, 6.45) is 3.77. The summed E-state index contributed by atoms with van der Waals surface area (Å²) >= 11 is 0. The molecule has 6 rings (SSSR count). The second kappa shape index (κ2) is 8.52. The molecule has 3 aromatic carbocycles. The number of hydrogen-bond acceptors (Lipinski definition) is 2. The van der Waals surface area contributed by atoms with Gasteiger partial charge in [0, 0.05) is 23.2 Å². The van der Waals surface area contributed by atoms with Crippen LogP contribution in [-0.2, 0) is 0 Å². The zero-order valence-corrected chi connectivity index (χ0v) is 20.1. The Morgan fingerprint density at radius 2 is 1.47 bits per heavy atom. The fourth-order valence-corrected chi connectivity index (χ4v) is 6.07. The number of nitrogens with zero attached hydrogens (tertiary/aromatic N) is 3. The van der Waals surface area contributed by atoms with Crippen molar-refractivity contribution in [2.75, 3.05) is 6.66 Å². The fourth-order valence-electron chi connectivity index (χ4n) is 4.62. The van der Waals surface area contributed by atoms with Crippen molar-refractivity contribution in [3.63, 3.8) is 0 Å². The van der Waals surface area contributed by atoms with Gasteiger partial charge < -0.3 is 0 Å². The Bertz CT molecular complexity index is 1640. The van der Waals surface area contributed by atoms with E-state index in [1.54, 1.807) is 0 Å². The van der Waals surface area contributed by atoms with E-state index in [-0.39, 0.29) is 0 Å². The molecule has 0 N–H and O–H groups in total. The number of aromatic nitrogens is 3. The molecule has 0 saturated heterocycles. The molecule has 6 aromatic rings. The van der Waals surface area contributed by atoms with Crippen molar-refractivity contribution in [1.29, 1.82) is 0 Å². The molecule has 0 radical (unpaired) electrons. The van der Waals surface area contributed by atoms with E-state index in [0.717, 1.165) is 11.3 Å². The zero-order chi connectivity index (χ0) is 23.1. The van der Waals surface area contributed by atoms with Crippen LogP contribution in [0.1, 0.15) is 5.56 Å². The van der Waals surface area contributed by atoms with Gasteiger partial charge in [0.05, 0.1) is 16.5 Å². The van der Waals surface area contributed by atoms with Crippen LogP contribution in [0.2, 0.25) is 0 Å². The van der Waals surface area contributed by atoms with Gasteiger partial charge in [0.25, 0.3) is 0 Å². The summed E-state index contributed by atoms with van der Waals surface area (Å²) in [5, 5.41) is 3.81. The van der Waals surface area contributed by atoms with Crippen molar-refractivity contribution in [2.24, 2.45) is 0 Å². The summed E-state index contributed by atoms with van der Waals surface area (Å²) in [6.45, 7) is 4.39. The predicted molar refractivity (Wildman–Crippen MR) is 145 cm³/mol. The molecule has 0 aliphatic rings. The predicted octanol–water partition coefficient (Wildman–Crippen LogP) is 6.61. The minimum Gasteiger partial charge on any atom is -0.294 e. The maximum atomic E-state index is 4.71. The first-order valence-corrected chi connectivity index (χ1v) is 13.2. The lowest BCUT2D eigenvalue weighted by Crippen LogP contribution is -2.13. The molecule has 1 unspecified atom stereocenters. The van der Waals surface area contributed by atoms with Crippen LogP contribution in [0, 0.1) is 6.92 Å². The van der Waals surface area contributed by atoms with Crippen molar-refractivity contribution in [1.82, 2.24) is 14.5 Å². The highest BCUT2D eigenvalue weighted by atomic mass is 31.1. The summed E-state index contributed by atoms with van der Waals surface area (Å²) in [4.78, 5) is 9.31. The van der Waals surface area contributed by atoms with E-state index in [4.69, 9.17) is 4.98 Å². The number of fused-ring (bicyclic) bond motifs is 3. The number of rotatable bonds is 4. The zero-order valence-electron chi connectivity index (χ0n) is 19.2. The quantitative estimate of drug-likeness (QED) is 0.279. The van der Waals surface area contributed by atoms with Crippen molar-refractivity contribution in [3.8, 4) is 16.9 Å². The maximum Gasteiger partial charge on any atom is 0.137 e. The van der Waals surface area contributed by atoms with Crippen molar-refractivity contribution in [2.45, 2.75) is 6.92 Å². The normalized spacial score (nSPS) is 12.3. The lowest BCUT2D eigenvalue weighted by Gasteiger charge is -2.14. The van der Waals surface area contributed by atoms with Gasteiger partial charge in [0.1, 0.15) is 5.82 Å². The topological polar surface area (TPSA) is 30.7 Å². The molecular formula is C30H24N3P. The van der Waals surface area contributed by atoms with E-state index in [1.807, 2.05) is 24.5 Å². The summed E-state index contributed by atoms with van der Waals surface area (Å²) < 4.78 is 2.28. The molecule has 0 fully saturated rings. The largest absolute Gasteiger partial charge is 0.294 e. The van der Waals surface area contributed by atoms with Crippen molar-refractivity contribution in [3.05, 3.63) is 115 Å². The third kappa shape index (κ3) is 3.59. The molecule has 3 aromatic heterocycles. The van der Waals surface area contributed by atoms with Crippen LogP contribution in [0.3, 0.4) is 0 Å². The van der Waals surface area contributed by atoms with Gasteiger partial charge in [-0.3, -0.25) is 9.55 Å². The molecule has 0 aliphatic carbocycles. The Balaban J connectivity index is 1.52.